The monoisotopic (exact) mass is 485 g/mol. The van der Waals surface area contributed by atoms with Gasteiger partial charge in [-0.2, -0.15) is 0 Å². The highest BCUT2D eigenvalue weighted by Crippen LogP contribution is 2.65. The molecule has 1 saturated carbocycles. The van der Waals surface area contributed by atoms with Crippen LogP contribution in [0.15, 0.2) is 64.8 Å². The molecule has 0 spiro atoms. The zero-order valence-corrected chi connectivity index (χ0v) is 21.0. The minimum atomic E-state index is -0.0716. The van der Waals surface area contributed by atoms with E-state index in [1.807, 2.05) is 49.6 Å². The molecular weight excluding hydrogens is 457 g/mol. The SMILES string of the molecule is CC[C@]1(c2ccccc2F)C2CCN(c3cnc4nc(Sc5ccnc(C)c5C)ccc4n3)CC21. The van der Waals surface area contributed by atoms with E-state index in [2.05, 4.69) is 28.7 Å². The number of hydrogen-bond acceptors (Lipinski definition) is 6. The molecule has 1 aliphatic carbocycles. The fraction of sp³-hybridized carbons (Fsp3) is 0.357. The van der Waals surface area contributed by atoms with Gasteiger partial charge < -0.3 is 4.90 Å². The number of piperidine rings is 1. The molecule has 0 N–H and O–H groups in total. The van der Waals surface area contributed by atoms with Crippen molar-refractivity contribution in [3.63, 3.8) is 0 Å². The summed E-state index contributed by atoms with van der Waals surface area (Å²) in [7, 11) is 0. The predicted molar refractivity (Wildman–Crippen MR) is 137 cm³/mol. The molecule has 0 bridgehead atoms. The van der Waals surface area contributed by atoms with Crippen molar-refractivity contribution in [2.24, 2.45) is 11.8 Å². The number of aryl methyl sites for hydroxylation is 1. The summed E-state index contributed by atoms with van der Waals surface area (Å²) in [6, 6.07) is 13.4. The number of benzene rings is 1. The molecule has 0 amide bonds. The fourth-order valence-electron chi connectivity index (χ4n) is 6.06. The van der Waals surface area contributed by atoms with Crippen LogP contribution in [-0.2, 0) is 5.41 Å². The normalized spacial score (nSPS) is 23.4. The summed E-state index contributed by atoms with van der Waals surface area (Å²) in [6.07, 6.45) is 5.68. The van der Waals surface area contributed by atoms with Crippen molar-refractivity contribution < 1.29 is 4.39 Å². The Morgan fingerprint density at radius 2 is 1.91 bits per heavy atom. The van der Waals surface area contributed by atoms with Gasteiger partial charge >= 0.3 is 0 Å². The zero-order valence-electron chi connectivity index (χ0n) is 20.2. The van der Waals surface area contributed by atoms with Gasteiger partial charge in [-0.25, -0.2) is 19.3 Å². The van der Waals surface area contributed by atoms with Crippen molar-refractivity contribution in [3.8, 4) is 0 Å². The lowest BCUT2D eigenvalue weighted by molar-refractivity contribution is 0.516. The molecular formula is C28H28FN5S. The smallest absolute Gasteiger partial charge is 0.179 e. The van der Waals surface area contributed by atoms with Gasteiger partial charge in [-0.3, -0.25) is 4.98 Å². The van der Waals surface area contributed by atoms with Crippen LogP contribution in [0.4, 0.5) is 10.2 Å². The first-order valence-electron chi connectivity index (χ1n) is 12.2. The van der Waals surface area contributed by atoms with Gasteiger partial charge in [0.2, 0.25) is 0 Å². The molecule has 2 unspecified atom stereocenters. The maximum atomic E-state index is 14.7. The van der Waals surface area contributed by atoms with E-state index in [0.717, 1.165) is 58.4 Å². The molecule has 4 heterocycles. The number of hydrogen-bond donors (Lipinski definition) is 0. The van der Waals surface area contributed by atoms with Crippen LogP contribution in [0.2, 0.25) is 0 Å². The molecule has 7 heteroatoms. The van der Waals surface area contributed by atoms with Gasteiger partial charge in [0.05, 0.1) is 6.20 Å². The minimum absolute atomic E-state index is 0.0541. The second kappa shape index (κ2) is 8.55. The lowest BCUT2D eigenvalue weighted by atomic mass is 9.88. The Labute approximate surface area is 209 Å². The van der Waals surface area contributed by atoms with Crippen LogP contribution in [0, 0.1) is 31.5 Å². The molecule has 1 aromatic carbocycles. The average molecular weight is 486 g/mol. The predicted octanol–water partition coefficient (Wildman–Crippen LogP) is 6.13. The largest absolute Gasteiger partial charge is 0.355 e. The van der Waals surface area contributed by atoms with Crippen molar-refractivity contribution in [2.75, 3.05) is 18.0 Å². The third-order valence-corrected chi connectivity index (χ3v) is 9.20. The highest BCUT2D eigenvalue weighted by molar-refractivity contribution is 7.99. The summed E-state index contributed by atoms with van der Waals surface area (Å²) >= 11 is 1.62. The van der Waals surface area contributed by atoms with Crippen molar-refractivity contribution >= 4 is 28.7 Å². The molecule has 4 aromatic rings. The maximum absolute atomic E-state index is 14.7. The van der Waals surface area contributed by atoms with Gasteiger partial charge in [-0.05, 0) is 73.9 Å². The molecule has 3 aromatic heterocycles. The number of rotatable bonds is 5. The standard InChI is InChI=1S/C28H28FN5S/c1-4-28(20-7-5-6-8-22(20)29)19-12-14-34(16-21(19)28)25-15-31-27-23(32-25)9-10-26(33-27)35-24-11-13-30-18(3)17(24)2/h5-11,13,15,19,21H,4,12,14,16H2,1-3H3/t19?,21?,28-/m1/s1. The molecule has 0 radical (unpaired) electrons. The first kappa shape index (κ1) is 22.4. The van der Waals surface area contributed by atoms with Gasteiger partial charge in [0, 0.05) is 35.3 Å². The average Bonchev–Trinajstić information content (AvgIpc) is 3.54. The Kier molecular flexibility index (Phi) is 5.48. The molecule has 1 aliphatic heterocycles. The summed E-state index contributed by atoms with van der Waals surface area (Å²) in [6.45, 7) is 8.10. The van der Waals surface area contributed by atoms with E-state index in [4.69, 9.17) is 9.97 Å². The molecule has 5 nitrogen and oxygen atoms in total. The number of fused-ring (bicyclic) bond motifs is 2. The third kappa shape index (κ3) is 3.68. The lowest BCUT2D eigenvalue weighted by Crippen LogP contribution is -2.32. The fourth-order valence-corrected chi connectivity index (χ4v) is 6.99. The Bertz CT molecular complexity index is 1430. The number of halogens is 1. The number of aromatic nitrogens is 4. The Morgan fingerprint density at radius 1 is 1.06 bits per heavy atom. The van der Waals surface area contributed by atoms with E-state index in [1.54, 1.807) is 23.9 Å². The van der Waals surface area contributed by atoms with Crippen molar-refractivity contribution in [2.45, 2.75) is 48.9 Å². The topological polar surface area (TPSA) is 54.8 Å². The van der Waals surface area contributed by atoms with Crippen LogP contribution in [0.3, 0.4) is 0 Å². The van der Waals surface area contributed by atoms with Crippen molar-refractivity contribution in [1.29, 1.82) is 0 Å². The van der Waals surface area contributed by atoms with E-state index in [9.17, 15) is 4.39 Å². The molecule has 178 valence electrons. The van der Waals surface area contributed by atoms with Crippen LogP contribution in [-0.4, -0.2) is 33.0 Å². The second-order valence-corrected chi connectivity index (χ2v) is 10.7. The number of anilines is 1. The summed E-state index contributed by atoms with van der Waals surface area (Å²) in [5.41, 5.74) is 4.48. The Hall–Kier alpha value is -3.06. The summed E-state index contributed by atoms with van der Waals surface area (Å²) in [5.74, 6) is 1.79. The number of pyridine rings is 2. The number of nitrogens with zero attached hydrogens (tertiary/aromatic N) is 5. The van der Waals surface area contributed by atoms with Crippen LogP contribution >= 0.6 is 11.8 Å². The van der Waals surface area contributed by atoms with Crippen LogP contribution in [0.5, 0.6) is 0 Å². The van der Waals surface area contributed by atoms with Gasteiger partial charge in [-0.15, -0.1) is 0 Å². The molecule has 2 fully saturated rings. The highest BCUT2D eigenvalue weighted by Gasteiger charge is 2.65. The van der Waals surface area contributed by atoms with Crippen molar-refractivity contribution in [1.82, 2.24) is 19.9 Å². The van der Waals surface area contributed by atoms with E-state index in [1.165, 1.54) is 5.56 Å². The Balaban J connectivity index is 1.23. The summed E-state index contributed by atoms with van der Waals surface area (Å²) in [4.78, 5) is 22.1. The lowest BCUT2D eigenvalue weighted by Gasteiger charge is -2.27. The molecule has 2 aliphatic rings. The maximum Gasteiger partial charge on any atom is 0.179 e. The minimum Gasteiger partial charge on any atom is -0.355 e. The Morgan fingerprint density at radius 3 is 2.74 bits per heavy atom. The van der Waals surface area contributed by atoms with Gasteiger partial charge in [0.15, 0.2) is 5.65 Å². The first-order valence-corrected chi connectivity index (χ1v) is 13.1. The zero-order chi connectivity index (χ0) is 24.2. The van der Waals surface area contributed by atoms with E-state index >= 15 is 0 Å². The molecule has 1 saturated heterocycles. The van der Waals surface area contributed by atoms with Gasteiger partial charge in [0.1, 0.15) is 22.2 Å². The van der Waals surface area contributed by atoms with E-state index < -0.39 is 0 Å². The second-order valence-electron chi connectivity index (χ2n) is 9.66. The molecule has 6 rings (SSSR count). The van der Waals surface area contributed by atoms with E-state index in [0.29, 0.717) is 17.5 Å². The van der Waals surface area contributed by atoms with Crippen LogP contribution < -0.4 is 4.90 Å². The van der Waals surface area contributed by atoms with E-state index in [-0.39, 0.29) is 11.2 Å². The summed E-state index contributed by atoms with van der Waals surface area (Å²) in [5, 5.41) is 0.893. The molecule has 3 atom stereocenters. The van der Waals surface area contributed by atoms with Crippen LogP contribution in [0.25, 0.3) is 11.2 Å². The van der Waals surface area contributed by atoms with Crippen molar-refractivity contribution in [3.05, 3.63) is 77.5 Å². The first-order chi connectivity index (χ1) is 17.0. The summed E-state index contributed by atoms with van der Waals surface area (Å²) < 4.78 is 14.7. The quantitative estimate of drug-likeness (QED) is 0.339. The third-order valence-electron chi connectivity index (χ3n) is 8.10. The van der Waals surface area contributed by atoms with Crippen LogP contribution in [0.1, 0.15) is 36.6 Å². The highest BCUT2D eigenvalue weighted by atomic mass is 32.2. The van der Waals surface area contributed by atoms with Gasteiger partial charge in [-0.1, -0.05) is 36.9 Å². The molecule has 35 heavy (non-hydrogen) atoms. The van der Waals surface area contributed by atoms with Gasteiger partial charge in [0.25, 0.3) is 0 Å².